The molecule has 3 amide bonds. The fourth-order valence-corrected chi connectivity index (χ4v) is 4.15. The van der Waals surface area contributed by atoms with Crippen LogP contribution in [0.3, 0.4) is 0 Å². The van der Waals surface area contributed by atoms with Crippen molar-refractivity contribution in [3.63, 3.8) is 0 Å². The summed E-state index contributed by atoms with van der Waals surface area (Å²) in [4.78, 5) is 48.6. The van der Waals surface area contributed by atoms with Gasteiger partial charge in [-0.3, -0.25) is 29.4 Å². The van der Waals surface area contributed by atoms with Crippen LogP contribution in [0.4, 0.5) is 10.5 Å². The summed E-state index contributed by atoms with van der Waals surface area (Å²) in [5.41, 5.74) is 0.683. The molecule has 1 aliphatic rings. The summed E-state index contributed by atoms with van der Waals surface area (Å²) >= 11 is 12.7. The van der Waals surface area contributed by atoms with Crippen LogP contribution in [0.15, 0.2) is 47.4 Å². The topological polar surface area (TPSA) is 110 Å². The number of benzene rings is 2. The Labute approximate surface area is 191 Å². The molecule has 0 bridgehead atoms. The van der Waals surface area contributed by atoms with Crippen molar-refractivity contribution in [1.29, 1.82) is 0 Å². The van der Waals surface area contributed by atoms with Gasteiger partial charge in [0.2, 0.25) is 5.91 Å². The molecule has 0 unspecified atom stereocenters. The highest BCUT2D eigenvalue weighted by molar-refractivity contribution is 8.18. The van der Waals surface area contributed by atoms with E-state index in [-0.39, 0.29) is 35.7 Å². The van der Waals surface area contributed by atoms with Crippen LogP contribution in [-0.4, -0.2) is 40.0 Å². The number of amides is 3. The van der Waals surface area contributed by atoms with E-state index in [1.165, 1.54) is 30.3 Å². The van der Waals surface area contributed by atoms with Crippen LogP contribution in [0.25, 0.3) is 6.08 Å². The van der Waals surface area contributed by atoms with Gasteiger partial charge in [-0.25, -0.2) is 0 Å². The molecule has 11 heteroatoms. The summed E-state index contributed by atoms with van der Waals surface area (Å²) in [6, 6.07) is 10.7. The van der Waals surface area contributed by atoms with Gasteiger partial charge in [-0.15, -0.1) is 0 Å². The van der Waals surface area contributed by atoms with Crippen LogP contribution in [0.2, 0.25) is 10.0 Å². The standard InChI is InChI=1S/C20H15Cl2N3O5S/c21-14-6-5-12(15(22)11-14)9-17-19(27)24(20(28)31-17)8-7-23-18(26)10-13-3-1-2-4-16(13)25(29)30/h1-6,9,11H,7-8,10H2,(H,23,26)/b17-9-. The van der Waals surface area contributed by atoms with Gasteiger partial charge >= 0.3 is 0 Å². The molecule has 8 nitrogen and oxygen atoms in total. The van der Waals surface area contributed by atoms with Crippen LogP contribution >= 0.6 is 35.0 Å². The molecule has 2 aromatic rings. The highest BCUT2D eigenvalue weighted by Crippen LogP contribution is 2.33. The van der Waals surface area contributed by atoms with Crippen molar-refractivity contribution in [2.75, 3.05) is 13.1 Å². The number of carbonyl (C=O) groups excluding carboxylic acids is 3. The van der Waals surface area contributed by atoms with E-state index >= 15 is 0 Å². The van der Waals surface area contributed by atoms with Crippen molar-refractivity contribution in [3.05, 3.63) is 78.7 Å². The van der Waals surface area contributed by atoms with Crippen LogP contribution in [0.5, 0.6) is 0 Å². The number of imide groups is 1. The predicted octanol–water partition coefficient (Wildman–Crippen LogP) is 4.30. The Morgan fingerprint density at radius 3 is 2.65 bits per heavy atom. The maximum Gasteiger partial charge on any atom is 0.293 e. The molecule has 0 spiro atoms. The average molecular weight is 480 g/mol. The second kappa shape index (κ2) is 9.95. The molecule has 0 saturated carbocycles. The summed E-state index contributed by atoms with van der Waals surface area (Å²) in [5.74, 6) is -0.946. The Kier molecular flexibility index (Phi) is 7.32. The maximum absolute atomic E-state index is 12.5. The maximum atomic E-state index is 12.5. The van der Waals surface area contributed by atoms with Gasteiger partial charge < -0.3 is 5.32 Å². The van der Waals surface area contributed by atoms with E-state index in [0.717, 1.165) is 16.7 Å². The van der Waals surface area contributed by atoms with Crippen molar-refractivity contribution in [3.8, 4) is 0 Å². The van der Waals surface area contributed by atoms with Gasteiger partial charge in [0.25, 0.3) is 16.8 Å². The summed E-state index contributed by atoms with van der Waals surface area (Å²) < 4.78 is 0. The van der Waals surface area contributed by atoms with Gasteiger partial charge in [-0.05, 0) is 35.5 Å². The second-order valence-electron chi connectivity index (χ2n) is 6.41. The lowest BCUT2D eigenvalue weighted by Gasteiger charge is -2.13. The van der Waals surface area contributed by atoms with Crippen LogP contribution < -0.4 is 5.32 Å². The number of rotatable bonds is 7. The summed E-state index contributed by atoms with van der Waals surface area (Å²) in [7, 11) is 0. The zero-order valence-electron chi connectivity index (χ0n) is 15.8. The van der Waals surface area contributed by atoms with E-state index in [1.54, 1.807) is 18.2 Å². The molecular formula is C20H15Cl2N3O5S. The third-order valence-electron chi connectivity index (χ3n) is 4.32. The van der Waals surface area contributed by atoms with E-state index in [2.05, 4.69) is 5.32 Å². The lowest BCUT2D eigenvalue weighted by Crippen LogP contribution is -2.37. The van der Waals surface area contributed by atoms with Crippen LogP contribution in [-0.2, 0) is 16.0 Å². The van der Waals surface area contributed by atoms with Gasteiger partial charge in [0.1, 0.15) is 0 Å². The molecule has 31 heavy (non-hydrogen) atoms. The quantitative estimate of drug-likeness (QED) is 0.360. The van der Waals surface area contributed by atoms with Crippen LogP contribution in [0.1, 0.15) is 11.1 Å². The number of nitro groups is 1. The van der Waals surface area contributed by atoms with E-state index < -0.39 is 22.0 Å². The summed E-state index contributed by atoms with van der Waals surface area (Å²) in [6.07, 6.45) is 1.32. The molecule has 0 atom stereocenters. The van der Waals surface area contributed by atoms with Crippen molar-refractivity contribution in [2.45, 2.75) is 6.42 Å². The monoisotopic (exact) mass is 479 g/mol. The molecule has 0 aromatic heterocycles. The number of nitrogens with one attached hydrogen (secondary N) is 1. The number of halogens is 2. The van der Waals surface area contributed by atoms with E-state index in [0.29, 0.717) is 15.6 Å². The molecule has 2 aromatic carbocycles. The minimum atomic E-state index is -0.553. The summed E-state index contributed by atoms with van der Waals surface area (Å²) in [5, 5.41) is 13.9. The number of carbonyl (C=O) groups is 3. The second-order valence-corrected chi connectivity index (χ2v) is 8.25. The highest BCUT2D eigenvalue weighted by atomic mass is 35.5. The van der Waals surface area contributed by atoms with Gasteiger partial charge in [0.15, 0.2) is 0 Å². The number of hydrogen-bond acceptors (Lipinski definition) is 6. The molecule has 1 saturated heterocycles. The van der Waals surface area contributed by atoms with Crippen molar-refractivity contribution in [1.82, 2.24) is 10.2 Å². The third-order valence-corrected chi connectivity index (χ3v) is 5.79. The van der Waals surface area contributed by atoms with Gasteiger partial charge in [0.05, 0.1) is 16.2 Å². The molecule has 0 radical (unpaired) electrons. The lowest BCUT2D eigenvalue weighted by atomic mass is 10.1. The van der Waals surface area contributed by atoms with Crippen molar-refractivity contribution < 1.29 is 19.3 Å². The van der Waals surface area contributed by atoms with Gasteiger partial charge in [0, 0.05) is 34.8 Å². The fourth-order valence-electron chi connectivity index (χ4n) is 2.83. The first kappa shape index (κ1) is 22.8. The normalized spacial score (nSPS) is 14.9. The Balaban J connectivity index is 1.58. The van der Waals surface area contributed by atoms with E-state index in [9.17, 15) is 24.5 Å². The number of nitro benzene ring substituents is 1. The molecular weight excluding hydrogens is 465 g/mol. The predicted molar refractivity (Wildman–Crippen MR) is 119 cm³/mol. The number of hydrogen-bond donors (Lipinski definition) is 1. The highest BCUT2D eigenvalue weighted by Gasteiger charge is 2.34. The smallest absolute Gasteiger partial charge is 0.293 e. The molecule has 1 N–H and O–H groups in total. The fraction of sp³-hybridized carbons (Fsp3) is 0.150. The van der Waals surface area contributed by atoms with Crippen molar-refractivity contribution >= 4 is 63.8 Å². The first-order valence-corrected chi connectivity index (χ1v) is 10.5. The van der Waals surface area contributed by atoms with Gasteiger partial charge in [-0.2, -0.15) is 0 Å². The SMILES string of the molecule is O=C(Cc1ccccc1[N+](=O)[O-])NCCN1C(=O)S/C(=C\c2ccc(Cl)cc2Cl)C1=O. The zero-order chi connectivity index (χ0) is 22.5. The Morgan fingerprint density at radius 1 is 1.19 bits per heavy atom. The minimum Gasteiger partial charge on any atom is -0.354 e. The molecule has 0 aliphatic carbocycles. The van der Waals surface area contributed by atoms with E-state index in [1.807, 2.05) is 0 Å². The zero-order valence-corrected chi connectivity index (χ0v) is 18.2. The Hall–Kier alpha value is -2.88. The van der Waals surface area contributed by atoms with Crippen LogP contribution in [0, 0.1) is 10.1 Å². The van der Waals surface area contributed by atoms with E-state index in [4.69, 9.17) is 23.2 Å². The molecule has 1 heterocycles. The first-order valence-electron chi connectivity index (χ1n) is 8.95. The molecule has 1 fully saturated rings. The number of nitrogens with zero attached hydrogens (tertiary/aromatic N) is 2. The van der Waals surface area contributed by atoms with Crippen molar-refractivity contribution in [2.24, 2.45) is 0 Å². The molecule has 1 aliphatic heterocycles. The Morgan fingerprint density at radius 2 is 1.94 bits per heavy atom. The average Bonchev–Trinajstić information content (AvgIpc) is 2.97. The Bertz CT molecular complexity index is 1110. The largest absolute Gasteiger partial charge is 0.354 e. The first-order chi connectivity index (χ1) is 14.8. The van der Waals surface area contributed by atoms with Gasteiger partial charge in [-0.1, -0.05) is 47.5 Å². The summed E-state index contributed by atoms with van der Waals surface area (Å²) in [6.45, 7) is -0.00847. The third kappa shape index (κ3) is 5.63. The lowest BCUT2D eigenvalue weighted by molar-refractivity contribution is -0.385. The molecule has 3 rings (SSSR count). The number of para-hydroxylation sites is 1. The minimum absolute atomic E-state index is 0.0203. The molecule has 160 valence electrons. The number of thioether (sulfide) groups is 1.